The van der Waals surface area contributed by atoms with Gasteiger partial charge in [-0.05, 0) is 62.7 Å². The van der Waals surface area contributed by atoms with Crippen LogP contribution in [0.3, 0.4) is 0 Å². The summed E-state index contributed by atoms with van der Waals surface area (Å²) in [5.41, 5.74) is 0.0413. The molecular weight excluding hydrogens is 314 g/mol. The molecule has 2 fully saturated rings. The van der Waals surface area contributed by atoms with Gasteiger partial charge in [-0.25, -0.2) is 0 Å². The minimum atomic E-state index is 0.0413. The molecule has 0 aromatic carbocycles. The fourth-order valence-corrected chi connectivity index (χ4v) is 5.90. The standard InChI is InChI=1S/C25H45N/c1-3-5-6-7-8-9-10-11-22-12-14-23(15-13-22)24-16-19-25(21-26,18-4-2)20-17-24/h22-24H,3-20H2,1-2H3/t22?,23?,24-,25+. The summed E-state index contributed by atoms with van der Waals surface area (Å²) in [7, 11) is 0. The molecule has 0 saturated heterocycles. The van der Waals surface area contributed by atoms with E-state index in [0.29, 0.717) is 0 Å². The maximum atomic E-state index is 9.62. The molecule has 0 radical (unpaired) electrons. The lowest BCUT2D eigenvalue weighted by atomic mass is 9.63. The fourth-order valence-electron chi connectivity index (χ4n) is 5.90. The molecule has 2 saturated carbocycles. The third-order valence-corrected chi connectivity index (χ3v) is 7.73. The predicted octanol–water partition coefficient (Wildman–Crippen LogP) is 8.43. The van der Waals surface area contributed by atoms with Crippen LogP contribution in [0.15, 0.2) is 0 Å². The number of nitriles is 1. The molecule has 1 nitrogen and oxygen atoms in total. The number of nitrogens with zero attached hydrogens (tertiary/aromatic N) is 1. The summed E-state index contributed by atoms with van der Waals surface area (Å²) in [4.78, 5) is 0. The van der Waals surface area contributed by atoms with Crippen LogP contribution in [0, 0.1) is 34.5 Å². The van der Waals surface area contributed by atoms with E-state index in [2.05, 4.69) is 19.9 Å². The average molecular weight is 360 g/mol. The monoisotopic (exact) mass is 359 g/mol. The van der Waals surface area contributed by atoms with Gasteiger partial charge in [-0.1, -0.05) is 84.5 Å². The van der Waals surface area contributed by atoms with Crippen molar-refractivity contribution in [3.63, 3.8) is 0 Å². The van der Waals surface area contributed by atoms with Gasteiger partial charge in [-0.2, -0.15) is 5.26 Å². The first-order valence-corrected chi connectivity index (χ1v) is 12.1. The lowest BCUT2D eigenvalue weighted by Gasteiger charge is -2.40. The number of unbranched alkanes of at least 4 members (excludes halogenated alkanes) is 6. The Morgan fingerprint density at radius 3 is 1.88 bits per heavy atom. The molecule has 0 spiro atoms. The second-order valence-electron chi connectivity index (χ2n) is 9.67. The number of hydrogen-bond donors (Lipinski definition) is 0. The predicted molar refractivity (Wildman–Crippen MR) is 113 cm³/mol. The van der Waals surface area contributed by atoms with Crippen LogP contribution in [0.25, 0.3) is 0 Å². The van der Waals surface area contributed by atoms with Crippen LogP contribution in [0.4, 0.5) is 0 Å². The van der Waals surface area contributed by atoms with Crippen molar-refractivity contribution in [2.24, 2.45) is 23.2 Å². The van der Waals surface area contributed by atoms with E-state index >= 15 is 0 Å². The highest BCUT2D eigenvalue weighted by Crippen LogP contribution is 2.47. The van der Waals surface area contributed by atoms with Gasteiger partial charge < -0.3 is 0 Å². The Hall–Kier alpha value is -0.510. The smallest absolute Gasteiger partial charge is 0.0689 e. The summed E-state index contributed by atoms with van der Waals surface area (Å²) in [5.74, 6) is 2.95. The van der Waals surface area contributed by atoms with Crippen LogP contribution in [-0.4, -0.2) is 0 Å². The summed E-state index contributed by atoms with van der Waals surface area (Å²) in [5, 5.41) is 9.62. The van der Waals surface area contributed by atoms with Gasteiger partial charge in [-0.3, -0.25) is 0 Å². The zero-order chi connectivity index (χ0) is 18.7. The van der Waals surface area contributed by atoms with Crippen molar-refractivity contribution < 1.29 is 0 Å². The van der Waals surface area contributed by atoms with Gasteiger partial charge in [0.2, 0.25) is 0 Å². The Kier molecular flexibility index (Phi) is 10.1. The Labute approximate surface area is 164 Å². The molecule has 0 N–H and O–H groups in total. The summed E-state index contributed by atoms with van der Waals surface area (Å²) in [6.45, 7) is 4.53. The van der Waals surface area contributed by atoms with Crippen molar-refractivity contribution in [2.75, 3.05) is 0 Å². The van der Waals surface area contributed by atoms with Crippen molar-refractivity contribution in [2.45, 2.75) is 129 Å². The van der Waals surface area contributed by atoms with Crippen LogP contribution < -0.4 is 0 Å². The SMILES string of the molecule is CCCCCCCCCC1CCC([C@H]2CC[C@](C#N)(CCC)CC2)CC1. The van der Waals surface area contributed by atoms with E-state index in [0.717, 1.165) is 24.2 Å². The molecule has 26 heavy (non-hydrogen) atoms. The lowest BCUT2D eigenvalue weighted by molar-refractivity contribution is 0.115. The van der Waals surface area contributed by atoms with Crippen molar-refractivity contribution in [1.29, 1.82) is 5.26 Å². The van der Waals surface area contributed by atoms with Crippen LogP contribution in [0.1, 0.15) is 129 Å². The van der Waals surface area contributed by atoms with Crippen LogP contribution in [0.2, 0.25) is 0 Å². The molecule has 0 atom stereocenters. The summed E-state index contributed by atoms with van der Waals surface area (Å²) < 4.78 is 0. The molecule has 0 heterocycles. The lowest BCUT2D eigenvalue weighted by Crippen LogP contribution is -2.31. The number of rotatable bonds is 11. The highest BCUT2D eigenvalue weighted by atomic mass is 14.4. The quantitative estimate of drug-likeness (QED) is 0.339. The molecule has 2 aliphatic carbocycles. The molecule has 1 heteroatoms. The first-order valence-electron chi connectivity index (χ1n) is 12.1. The molecule has 0 bridgehead atoms. The average Bonchev–Trinajstić information content (AvgIpc) is 2.69. The molecule has 0 aromatic heterocycles. The van der Waals surface area contributed by atoms with E-state index in [1.54, 1.807) is 0 Å². The maximum Gasteiger partial charge on any atom is 0.0689 e. The van der Waals surface area contributed by atoms with E-state index in [9.17, 15) is 5.26 Å². The van der Waals surface area contributed by atoms with E-state index in [-0.39, 0.29) is 5.41 Å². The second-order valence-corrected chi connectivity index (χ2v) is 9.67. The minimum absolute atomic E-state index is 0.0413. The van der Waals surface area contributed by atoms with E-state index in [4.69, 9.17) is 0 Å². The van der Waals surface area contributed by atoms with Crippen molar-refractivity contribution in [3.05, 3.63) is 0 Å². The third-order valence-electron chi connectivity index (χ3n) is 7.73. The van der Waals surface area contributed by atoms with Crippen LogP contribution >= 0.6 is 0 Å². The van der Waals surface area contributed by atoms with Gasteiger partial charge in [0.25, 0.3) is 0 Å². The molecule has 150 valence electrons. The molecule has 0 amide bonds. The van der Waals surface area contributed by atoms with Gasteiger partial charge >= 0.3 is 0 Å². The molecule has 0 unspecified atom stereocenters. The molecule has 2 rings (SSSR count). The van der Waals surface area contributed by atoms with Crippen molar-refractivity contribution >= 4 is 0 Å². The van der Waals surface area contributed by atoms with E-state index in [1.807, 2.05) is 0 Å². The van der Waals surface area contributed by atoms with E-state index in [1.165, 1.54) is 109 Å². The van der Waals surface area contributed by atoms with Crippen molar-refractivity contribution in [1.82, 2.24) is 0 Å². The van der Waals surface area contributed by atoms with Gasteiger partial charge in [0.05, 0.1) is 11.5 Å². The maximum absolute atomic E-state index is 9.62. The highest BCUT2D eigenvalue weighted by Gasteiger charge is 2.37. The van der Waals surface area contributed by atoms with Crippen LogP contribution in [-0.2, 0) is 0 Å². The largest absolute Gasteiger partial charge is 0.198 e. The Morgan fingerprint density at radius 2 is 1.31 bits per heavy atom. The van der Waals surface area contributed by atoms with Gasteiger partial charge in [0, 0.05) is 0 Å². The molecule has 0 aromatic rings. The minimum Gasteiger partial charge on any atom is -0.198 e. The molecule has 0 aliphatic heterocycles. The zero-order valence-corrected chi connectivity index (χ0v) is 17.9. The fraction of sp³-hybridized carbons (Fsp3) is 0.960. The first-order chi connectivity index (χ1) is 12.7. The van der Waals surface area contributed by atoms with Gasteiger partial charge in [0.15, 0.2) is 0 Å². The number of hydrogen-bond acceptors (Lipinski definition) is 1. The Bertz CT molecular complexity index is 391. The second kappa shape index (κ2) is 12.0. The zero-order valence-electron chi connectivity index (χ0n) is 17.9. The molecule has 2 aliphatic rings. The topological polar surface area (TPSA) is 23.8 Å². The summed E-state index contributed by atoms with van der Waals surface area (Å²) in [6.07, 6.45) is 24.9. The van der Waals surface area contributed by atoms with Gasteiger partial charge in [-0.15, -0.1) is 0 Å². The van der Waals surface area contributed by atoms with Crippen LogP contribution in [0.5, 0.6) is 0 Å². The Balaban J connectivity index is 1.57. The normalized spacial score (nSPS) is 32.3. The van der Waals surface area contributed by atoms with E-state index < -0.39 is 0 Å². The third kappa shape index (κ3) is 6.90. The molecular formula is C25H45N. The van der Waals surface area contributed by atoms with Crippen molar-refractivity contribution in [3.8, 4) is 6.07 Å². The highest BCUT2D eigenvalue weighted by molar-refractivity contribution is 5.02. The first kappa shape index (κ1) is 21.8. The van der Waals surface area contributed by atoms with Gasteiger partial charge in [0.1, 0.15) is 0 Å². The summed E-state index contributed by atoms with van der Waals surface area (Å²) >= 11 is 0. The Morgan fingerprint density at radius 1 is 0.731 bits per heavy atom. The summed E-state index contributed by atoms with van der Waals surface area (Å²) in [6, 6.07) is 2.69.